The number of allylic oxidation sites excluding steroid dienone is 2. The van der Waals surface area contributed by atoms with Crippen molar-refractivity contribution in [1.82, 2.24) is 15.0 Å². The molecular weight excluding hydrogens is 815 g/mol. The van der Waals surface area contributed by atoms with Gasteiger partial charge in [0, 0.05) is 60.3 Å². The van der Waals surface area contributed by atoms with E-state index in [9.17, 15) is 9.90 Å². The van der Waals surface area contributed by atoms with Gasteiger partial charge in [-0.1, -0.05) is 98.4 Å². The number of ketones is 1. The number of benzene rings is 2. The Bertz CT molecular complexity index is 1910. The molecule has 0 saturated carbocycles. The van der Waals surface area contributed by atoms with Gasteiger partial charge in [-0.2, -0.15) is 0 Å². The first-order valence-electron chi connectivity index (χ1n) is 17.8. The largest absolute Gasteiger partial charge is 0.512 e. The zero-order valence-corrected chi connectivity index (χ0v) is 34.7. The smallest absolute Gasteiger partial charge is 0.164 e. The molecule has 0 atom stereocenters. The fourth-order valence-electron chi connectivity index (χ4n) is 6.09. The van der Waals surface area contributed by atoms with E-state index in [0.29, 0.717) is 5.92 Å². The standard InChI is InChI=1S/C29H28N3S.C14H26O2.Ir/c1-18(2)10-19-11-27-28(30-15-19)23(16-33-27)26-14-25(31-17-32-26)21-12-20-8-6-7-9-22(20)24(13-21)29(3,4)5;1-6-11(7-2)12(15)10-13(16)14(5,8-3)9-4;/h6-9,11,13-18H,10H2,1-5H3;10-11,15H,6-9H2,1-5H3;/q-1;;/b;12-10-;. The Labute approximate surface area is 317 Å². The average molecular weight is 869 g/mol. The number of hydrogen-bond donors (Lipinski definition) is 1. The SMILES string of the molecule is CC(C)Cc1cnc2c(-c3cc(-c4[c-]c5ccccc5c(C(C)(C)C)c4)ncn3)csc2c1.CCC(CC)/C(O)=C/C(=O)C(C)(CC)CC.[Ir]. The minimum Gasteiger partial charge on any atom is -0.512 e. The number of hydrogen-bond acceptors (Lipinski definition) is 6. The number of carbonyl (C=O) groups excluding carboxylic acids is 1. The Balaban J connectivity index is 0.000000340. The van der Waals surface area contributed by atoms with Crippen molar-refractivity contribution in [1.29, 1.82) is 0 Å². The summed E-state index contributed by atoms with van der Waals surface area (Å²) in [4.78, 5) is 26.1. The predicted molar refractivity (Wildman–Crippen MR) is 208 cm³/mol. The summed E-state index contributed by atoms with van der Waals surface area (Å²) in [5.41, 5.74) is 7.12. The van der Waals surface area contributed by atoms with Gasteiger partial charge >= 0.3 is 0 Å². The topological polar surface area (TPSA) is 76.0 Å². The molecular formula is C43H54IrN3O2S-. The normalized spacial score (nSPS) is 12.3. The molecule has 3 aromatic heterocycles. The molecule has 5 rings (SSSR count). The van der Waals surface area contributed by atoms with Gasteiger partial charge in [0.15, 0.2) is 5.78 Å². The van der Waals surface area contributed by atoms with Crippen molar-refractivity contribution in [2.24, 2.45) is 17.3 Å². The summed E-state index contributed by atoms with van der Waals surface area (Å²) in [6.45, 7) is 21.3. The number of thiophene rings is 1. The van der Waals surface area contributed by atoms with Crippen LogP contribution in [0.1, 0.15) is 106 Å². The van der Waals surface area contributed by atoms with Gasteiger partial charge < -0.3 is 5.11 Å². The molecule has 3 heterocycles. The van der Waals surface area contributed by atoms with Crippen molar-refractivity contribution >= 4 is 38.1 Å². The summed E-state index contributed by atoms with van der Waals surface area (Å²) in [6, 6.07) is 18.6. The van der Waals surface area contributed by atoms with Gasteiger partial charge in [0.1, 0.15) is 6.33 Å². The van der Waals surface area contributed by atoms with Crippen LogP contribution >= 0.6 is 11.3 Å². The quantitative estimate of drug-likeness (QED) is 0.0813. The van der Waals surface area contributed by atoms with Gasteiger partial charge in [-0.3, -0.25) is 14.8 Å². The van der Waals surface area contributed by atoms with Crippen LogP contribution in [0.25, 0.3) is 43.5 Å². The van der Waals surface area contributed by atoms with Crippen molar-refractivity contribution in [3.63, 3.8) is 0 Å². The Morgan fingerprint density at radius 3 is 2.22 bits per heavy atom. The molecule has 5 nitrogen and oxygen atoms in total. The number of rotatable bonds is 11. The summed E-state index contributed by atoms with van der Waals surface area (Å²) in [5, 5.41) is 14.4. The summed E-state index contributed by atoms with van der Waals surface area (Å²) < 4.78 is 1.20. The zero-order chi connectivity index (χ0) is 35.9. The minimum atomic E-state index is -0.319. The van der Waals surface area contributed by atoms with Crippen molar-refractivity contribution in [2.45, 2.75) is 107 Å². The van der Waals surface area contributed by atoms with Gasteiger partial charge in [-0.15, -0.1) is 40.5 Å². The van der Waals surface area contributed by atoms with Gasteiger partial charge in [-0.25, -0.2) is 4.98 Å². The molecule has 0 spiro atoms. The molecule has 0 fully saturated rings. The second-order valence-electron chi connectivity index (χ2n) is 14.8. The van der Waals surface area contributed by atoms with Crippen molar-refractivity contribution in [3.05, 3.63) is 89.4 Å². The Kier molecular flexibility index (Phi) is 14.7. The van der Waals surface area contributed by atoms with Crippen LogP contribution in [0.15, 0.2) is 72.2 Å². The van der Waals surface area contributed by atoms with Crippen LogP contribution in [-0.4, -0.2) is 25.8 Å². The molecule has 0 aliphatic rings. The number of aromatic nitrogens is 3. The van der Waals surface area contributed by atoms with Crippen LogP contribution in [0.3, 0.4) is 0 Å². The molecule has 2 aromatic carbocycles. The maximum atomic E-state index is 12.0. The van der Waals surface area contributed by atoms with Crippen molar-refractivity contribution < 1.29 is 30.0 Å². The second-order valence-corrected chi connectivity index (χ2v) is 15.7. The fraction of sp³-hybridized carbons (Fsp3) is 0.442. The number of nitrogens with zero attached hydrogens (tertiary/aromatic N) is 3. The van der Waals surface area contributed by atoms with Crippen molar-refractivity contribution in [2.75, 3.05) is 0 Å². The third kappa shape index (κ3) is 9.75. The Morgan fingerprint density at radius 2 is 1.60 bits per heavy atom. The first-order valence-corrected chi connectivity index (χ1v) is 18.7. The van der Waals surface area contributed by atoms with E-state index in [-0.39, 0.29) is 48.4 Å². The number of carbonyl (C=O) groups is 1. The van der Waals surface area contributed by atoms with Crippen LogP contribution in [-0.2, 0) is 36.7 Å². The third-order valence-electron chi connectivity index (χ3n) is 9.75. The van der Waals surface area contributed by atoms with Gasteiger partial charge in [0.2, 0.25) is 0 Å². The van der Waals surface area contributed by atoms with E-state index in [0.717, 1.165) is 65.5 Å². The van der Waals surface area contributed by atoms with Gasteiger partial charge in [0.05, 0.1) is 21.7 Å². The van der Waals surface area contributed by atoms with Crippen molar-refractivity contribution in [3.8, 4) is 22.5 Å². The Hall–Kier alpha value is -3.25. The van der Waals surface area contributed by atoms with Gasteiger partial charge in [-0.05, 0) is 61.1 Å². The van der Waals surface area contributed by atoms with E-state index in [1.54, 1.807) is 17.7 Å². The first-order chi connectivity index (χ1) is 23.2. The summed E-state index contributed by atoms with van der Waals surface area (Å²) in [6.07, 6.45) is 9.53. The zero-order valence-electron chi connectivity index (χ0n) is 31.5. The number of aliphatic hydroxyl groups excluding tert-OH is 1. The average Bonchev–Trinajstić information content (AvgIpc) is 3.51. The summed E-state index contributed by atoms with van der Waals surface area (Å²) >= 11 is 1.73. The number of pyridine rings is 1. The summed E-state index contributed by atoms with van der Waals surface area (Å²) in [5.74, 6) is 1.05. The maximum absolute atomic E-state index is 12.0. The Morgan fingerprint density at radius 1 is 0.940 bits per heavy atom. The van der Waals surface area contributed by atoms with Crippen LogP contribution in [0.2, 0.25) is 0 Å². The predicted octanol–water partition coefficient (Wildman–Crippen LogP) is 12.1. The maximum Gasteiger partial charge on any atom is 0.164 e. The van der Waals surface area contributed by atoms with E-state index in [1.807, 2.05) is 40.8 Å². The van der Waals surface area contributed by atoms with E-state index in [2.05, 4.69) is 98.5 Å². The van der Waals surface area contributed by atoms with Gasteiger partial charge in [0.25, 0.3) is 0 Å². The van der Waals surface area contributed by atoms with Crippen LogP contribution in [0.4, 0.5) is 0 Å². The number of aliphatic hydroxyl groups is 1. The fourth-order valence-corrected chi connectivity index (χ4v) is 7.06. The monoisotopic (exact) mass is 869 g/mol. The molecule has 5 aromatic rings. The second kappa shape index (κ2) is 17.8. The molecule has 7 heteroatoms. The number of fused-ring (bicyclic) bond motifs is 2. The first kappa shape index (κ1) is 41.2. The molecule has 1 N–H and O–H groups in total. The van der Waals surface area contributed by atoms with Crippen LogP contribution < -0.4 is 0 Å². The minimum absolute atomic E-state index is 0. The molecule has 0 saturated heterocycles. The molecule has 0 amide bonds. The molecule has 0 bridgehead atoms. The summed E-state index contributed by atoms with van der Waals surface area (Å²) in [7, 11) is 0. The van der Waals surface area contributed by atoms with E-state index in [1.165, 1.54) is 27.3 Å². The molecule has 0 aliphatic carbocycles. The molecule has 0 unspecified atom stereocenters. The van der Waals surface area contributed by atoms with E-state index >= 15 is 0 Å². The third-order valence-corrected chi connectivity index (χ3v) is 10.7. The molecule has 0 aliphatic heterocycles. The van der Waals surface area contributed by atoms with Crippen LogP contribution in [0.5, 0.6) is 0 Å². The van der Waals surface area contributed by atoms with E-state index < -0.39 is 0 Å². The molecule has 269 valence electrons. The molecule has 1 radical (unpaired) electrons. The molecule has 50 heavy (non-hydrogen) atoms. The van der Waals surface area contributed by atoms with Crippen LogP contribution in [0, 0.1) is 23.3 Å². The van der Waals surface area contributed by atoms with E-state index in [4.69, 9.17) is 4.98 Å².